The summed E-state index contributed by atoms with van der Waals surface area (Å²) >= 11 is 0. The molecule has 3 N–H and O–H groups in total. The highest BCUT2D eigenvalue weighted by molar-refractivity contribution is 5.89. The van der Waals surface area contributed by atoms with E-state index in [0.29, 0.717) is 17.6 Å². The summed E-state index contributed by atoms with van der Waals surface area (Å²) in [4.78, 5) is 16.2. The van der Waals surface area contributed by atoms with Gasteiger partial charge in [-0.1, -0.05) is 0 Å². The van der Waals surface area contributed by atoms with E-state index < -0.39 is 0 Å². The molecule has 0 bridgehead atoms. The minimum atomic E-state index is -0.344. The number of H-pyrrole nitrogens is 1. The van der Waals surface area contributed by atoms with Gasteiger partial charge in [0.05, 0.1) is 6.20 Å². The molecule has 2 unspecified atom stereocenters. The van der Waals surface area contributed by atoms with Crippen LogP contribution in [0, 0.1) is 0 Å². The number of fused-ring (bicyclic) bond motifs is 1. The summed E-state index contributed by atoms with van der Waals surface area (Å²) in [5.74, 6) is 1.71. The van der Waals surface area contributed by atoms with Crippen LogP contribution in [0.15, 0.2) is 24.5 Å². The molecule has 28 heavy (non-hydrogen) atoms. The van der Waals surface area contributed by atoms with Crippen molar-refractivity contribution in [2.24, 2.45) is 7.05 Å². The fourth-order valence-corrected chi connectivity index (χ4v) is 3.69. The van der Waals surface area contributed by atoms with Crippen LogP contribution in [0.3, 0.4) is 0 Å². The summed E-state index contributed by atoms with van der Waals surface area (Å²) in [5, 5.41) is 18.8. The van der Waals surface area contributed by atoms with Crippen molar-refractivity contribution in [1.82, 2.24) is 30.3 Å². The average Bonchev–Trinajstić information content (AvgIpc) is 3.35. The lowest BCUT2D eigenvalue weighted by Crippen LogP contribution is -2.33. The number of rotatable bonds is 5. The van der Waals surface area contributed by atoms with Crippen LogP contribution in [0.2, 0.25) is 0 Å². The molecule has 148 valence electrons. The zero-order chi connectivity index (χ0) is 19.7. The van der Waals surface area contributed by atoms with Gasteiger partial charge in [-0.25, -0.2) is 9.78 Å². The summed E-state index contributed by atoms with van der Waals surface area (Å²) in [7, 11) is 1.89. The number of aryl methyl sites for hydroxylation is 1. The lowest BCUT2D eigenvalue weighted by atomic mass is 10.0. The van der Waals surface area contributed by atoms with Crippen LogP contribution in [0.4, 0.5) is 16.4 Å². The van der Waals surface area contributed by atoms with Gasteiger partial charge in [-0.05, 0) is 39.2 Å². The lowest BCUT2D eigenvalue weighted by Gasteiger charge is -2.14. The average molecular weight is 383 g/mol. The van der Waals surface area contributed by atoms with Crippen molar-refractivity contribution in [2.75, 3.05) is 5.32 Å². The van der Waals surface area contributed by atoms with Crippen molar-refractivity contribution in [3.63, 3.8) is 0 Å². The molecule has 0 aliphatic heterocycles. The molecule has 0 radical (unpaired) electrons. The van der Waals surface area contributed by atoms with Gasteiger partial charge in [0.25, 0.3) is 0 Å². The Morgan fingerprint density at radius 1 is 1.39 bits per heavy atom. The van der Waals surface area contributed by atoms with Gasteiger partial charge >= 0.3 is 6.09 Å². The third kappa shape index (κ3) is 3.78. The van der Waals surface area contributed by atoms with E-state index >= 15 is 0 Å². The molecule has 1 fully saturated rings. The van der Waals surface area contributed by atoms with Crippen LogP contribution in [0.5, 0.6) is 0 Å². The number of nitrogens with one attached hydrogen (secondary N) is 3. The zero-order valence-electron chi connectivity index (χ0n) is 16.3. The van der Waals surface area contributed by atoms with E-state index in [1.54, 1.807) is 10.9 Å². The number of aromatic nitrogens is 5. The summed E-state index contributed by atoms with van der Waals surface area (Å²) in [6.07, 6.45) is 5.76. The summed E-state index contributed by atoms with van der Waals surface area (Å²) in [6, 6.07) is 4.00. The number of anilines is 2. The second-order valence-electron chi connectivity index (χ2n) is 7.54. The van der Waals surface area contributed by atoms with Crippen molar-refractivity contribution >= 4 is 28.6 Å². The van der Waals surface area contributed by atoms with E-state index in [0.717, 1.165) is 35.9 Å². The molecule has 1 aliphatic carbocycles. The predicted molar refractivity (Wildman–Crippen MR) is 106 cm³/mol. The summed E-state index contributed by atoms with van der Waals surface area (Å²) in [6.45, 7) is 3.83. The number of carbonyl (C=O) groups is 1. The fraction of sp³-hybridized carbons (Fsp3) is 0.474. The molecule has 9 nitrogen and oxygen atoms in total. The van der Waals surface area contributed by atoms with Crippen molar-refractivity contribution in [1.29, 1.82) is 0 Å². The first kappa shape index (κ1) is 18.3. The Kier molecular flexibility index (Phi) is 4.89. The first-order valence-corrected chi connectivity index (χ1v) is 9.56. The smallest absolute Gasteiger partial charge is 0.407 e. The molecular weight excluding hydrogens is 358 g/mol. The minimum absolute atomic E-state index is 0.0617. The molecule has 3 heterocycles. The molecular formula is C19H25N7O2. The zero-order valence-corrected chi connectivity index (χ0v) is 16.3. The second-order valence-corrected chi connectivity index (χ2v) is 7.54. The van der Waals surface area contributed by atoms with Gasteiger partial charge in [-0.3, -0.25) is 9.78 Å². The van der Waals surface area contributed by atoms with Gasteiger partial charge in [0.1, 0.15) is 11.6 Å². The van der Waals surface area contributed by atoms with Crippen molar-refractivity contribution in [3.8, 4) is 0 Å². The largest absolute Gasteiger partial charge is 0.446 e. The molecule has 1 saturated carbocycles. The predicted octanol–water partition coefficient (Wildman–Crippen LogP) is 3.21. The summed E-state index contributed by atoms with van der Waals surface area (Å²) in [5.41, 5.74) is 1.97. The Balaban J connectivity index is 1.41. The van der Waals surface area contributed by atoms with E-state index in [1.165, 1.54) is 0 Å². The minimum Gasteiger partial charge on any atom is -0.446 e. The van der Waals surface area contributed by atoms with Crippen molar-refractivity contribution < 1.29 is 9.53 Å². The highest BCUT2D eigenvalue weighted by atomic mass is 16.6. The Morgan fingerprint density at radius 2 is 2.25 bits per heavy atom. The molecule has 9 heteroatoms. The Morgan fingerprint density at radius 3 is 3.07 bits per heavy atom. The molecule has 2 atom stereocenters. The van der Waals surface area contributed by atoms with Crippen LogP contribution in [-0.2, 0) is 11.8 Å². The molecule has 1 amide bonds. The van der Waals surface area contributed by atoms with E-state index in [2.05, 4.69) is 30.9 Å². The second kappa shape index (κ2) is 7.49. The van der Waals surface area contributed by atoms with E-state index in [9.17, 15) is 4.79 Å². The van der Waals surface area contributed by atoms with Crippen molar-refractivity contribution in [3.05, 3.63) is 30.2 Å². The molecule has 0 spiro atoms. The number of aromatic amines is 1. The fourth-order valence-electron chi connectivity index (χ4n) is 3.69. The van der Waals surface area contributed by atoms with Gasteiger partial charge in [-0.15, -0.1) is 0 Å². The maximum Gasteiger partial charge on any atom is 0.407 e. The Labute approximate surface area is 162 Å². The first-order valence-electron chi connectivity index (χ1n) is 9.56. The molecule has 0 saturated heterocycles. The quantitative estimate of drug-likeness (QED) is 0.624. The van der Waals surface area contributed by atoms with Gasteiger partial charge in [0.2, 0.25) is 0 Å². The Hall–Kier alpha value is -3.10. The summed E-state index contributed by atoms with van der Waals surface area (Å²) < 4.78 is 7.30. The van der Waals surface area contributed by atoms with Gasteiger partial charge in [-0.2, -0.15) is 10.2 Å². The van der Waals surface area contributed by atoms with Crippen LogP contribution < -0.4 is 10.6 Å². The molecule has 3 aromatic rings. The number of ether oxygens (including phenoxy) is 1. The van der Waals surface area contributed by atoms with Gasteiger partial charge < -0.3 is 15.4 Å². The van der Waals surface area contributed by atoms with Crippen LogP contribution in [0.1, 0.15) is 44.7 Å². The number of pyridine rings is 1. The molecule has 0 aromatic carbocycles. The Bertz CT molecular complexity index is 978. The van der Waals surface area contributed by atoms with Gasteiger partial charge in [0, 0.05) is 42.4 Å². The number of carbonyl (C=O) groups excluding carboxylic acids is 1. The van der Waals surface area contributed by atoms with E-state index in [-0.39, 0.29) is 18.2 Å². The first-order chi connectivity index (χ1) is 13.5. The maximum absolute atomic E-state index is 11.8. The standard InChI is InChI=1S/C19H25N7O2/c1-11(2)22-19(27)28-14-5-4-12(8-14)15-9-16(25-24-15)23-18-17-13(6-7-20-18)10-21-26(17)3/h6-7,9-12,14H,4-5,8H2,1-3H3,(H,22,27)(H2,20,23,24,25). The number of nitrogens with zero attached hydrogens (tertiary/aromatic N) is 4. The molecule has 4 rings (SSSR count). The number of alkyl carbamates (subject to hydrolysis) is 1. The molecule has 3 aromatic heterocycles. The van der Waals surface area contributed by atoms with E-state index in [4.69, 9.17) is 4.74 Å². The monoisotopic (exact) mass is 383 g/mol. The van der Waals surface area contributed by atoms with Crippen LogP contribution >= 0.6 is 0 Å². The number of hydrogen-bond donors (Lipinski definition) is 3. The van der Waals surface area contributed by atoms with Crippen LogP contribution in [-0.4, -0.2) is 43.2 Å². The van der Waals surface area contributed by atoms with Crippen molar-refractivity contribution in [2.45, 2.75) is 51.2 Å². The number of hydrogen-bond acceptors (Lipinski definition) is 6. The highest BCUT2D eigenvalue weighted by Crippen LogP contribution is 2.36. The normalized spacial score (nSPS) is 19.3. The van der Waals surface area contributed by atoms with Crippen LogP contribution in [0.25, 0.3) is 10.9 Å². The van der Waals surface area contributed by atoms with Gasteiger partial charge in [0.15, 0.2) is 11.6 Å². The highest BCUT2D eigenvalue weighted by Gasteiger charge is 2.30. The third-order valence-electron chi connectivity index (χ3n) is 5.00. The number of amides is 1. The van der Waals surface area contributed by atoms with E-state index in [1.807, 2.05) is 39.2 Å². The maximum atomic E-state index is 11.8. The SMILES string of the molecule is CC(C)NC(=O)OC1CCC(c2cc(Nc3nccc4cnn(C)c34)n[nH]2)C1. The third-order valence-corrected chi connectivity index (χ3v) is 5.00. The topological polar surface area (TPSA) is 110 Å². The molecule has 1 aliphatic rings. The lowest BCUT2D eigenvalue weighted by molar-refractivity contribution is 0.0981.